The molecule has 7 heteroatoms. The van der Waals surface area contributed by atoms with Gasteiger partial charge in [-0.2, -0.15) is 0 Å². The van der Waals surface area contributed by atoms with E-state index in [0.29, 0.717) is 38.3 Å². The third kappa shape index (κ3) is 4.69. The van der Waals surface area contributed by atoms with Gasteiger partial charge >= 0.3 is 0 Å². The normalized spacial score (nSPS) is 14.0. The second-order valence-corrected chi connectivity index (χ2v) is 6.53. The van der Waals surface area contributed by atoms with Gasteiger partial charge in [-0.1, -0.05) is 29.8 Å². The zero-order valence-electron chi connectivity index (χ0n) is 15.2. The summed E-state index contributed by atoms with van der Waals surface area (Å²) in [6, 6.07) is 11.0. The van der Waals surface area contributed by atoms with Gasteiger partial charge in [0, 0.05) is 44.5 Å². The van der Waals surface area contributed by atoms with Crippen LogP contribution in [0.25, 0.3) is 0 Å². The van der Waals surface area contributed by atoms with E-state index in [9.17, 15) is 14.4 Å². The molecule has 0 atom stereocenters. The van der Waals surface area contributed by atoms with Gasteiger partial charge < -0.3 is 15.1 Å². The molecule has 1 aliphatic rings. The van der Waals surface area contributed by atoms with Crippen LogP contribution in [0.2, 0.25) is 0 Å². The highest BCUT2D eigenvalue weighted by atomic mass is 16.2. The average molecular weight is 366 g/mol. The van der Waals surface area contributed by atoms with E-state index >= 15 is 0 Å². The van der Waals surface area contributed by atoms with E-state index in [2.05, 4.69) is 10.3 Å². The molecule has 0 bridgehead atoms. The largest absolute Gasteiger partial charge is 0.348 e. The van der Waals surface area contributed by atoms with E-state index in [-0.39, 0.29) is 17.5 Å². The lowest BCUT2D eigenvalue weighted by molar-refractivity contribution is -0.119. The molecule has 1 aliphatic heterocycles. The van der Waals surface area contributed by atoms with Crippen molar-refractivity contribution in [1.29, 1.82) is 0 Å². The Morgan fingerprint density at radius 3 is 2.48 bits per heavy atom. The molecule has 140 valence electrons. The summed E-state index contributed by atoms with van der Waals surface area (Å²) in [7, 11) is 0. The van der Waals surface area contributed by atoms with Crippen LogP contribution >= 0.6 is 0 Å². The minimum Gasteiger partial charge on any atom is -0.348 e. The fourth-order valence-electron chi connectivity index (χ4n) is 2.87. The van der Waals surface area contributed by atoms with Crippen LogP contribution in [0, 0.1) is 6.92 Å². The molecule has 0 unspecified atom stereocenters. The molecule has 0 spiro atoms. The fraction of sp³-hybridized carbons (Fsp3) is 0.300. The quantitative estimate of drug-likeness (QED) is 0.807. The van der Waals surface area contributed by atoms with Crippen molar-refractivity contribution in [3.05, 3.63) is 65.0 Å². The van der Waals surface area contributed by atoms with Crippen LogP contribution in [0.15, 0.2) is 42.6 Å². The summed E-state index contributed by atoms with van der Waals surface area (Å²) in [4.78, 5) is 43.2. The van der Waals surface area contributed by atoms with Gasteiger partial charge in [0.1, 0.15) is 5.69 Å². The first-order valence-electron chi connectivity index (χ1n) is 8.85. The number of amides is 3. The van der Waals surface area contributed by atoms with E-state index < -0.39 is 0 Å². The number of nitrogens with zero attached hydrogens (tertiary/aromatic N) is 3. The van der Waals surface area contributed by atoms with Crippen LogP contribution in [0.5, 0.6) is 0 Å². The third-order valence-corrected chi connectivity index (χ3v) is 4.57. The number of nitrogens with one attached hydrogen (secondary N) is 1. The molecule has 1 aromatic heterocycles. The summed E-state index contributed by atoms with van der Waals surface area (Å²) in [5.41, 5.74) is 2.80. The van der Waals surface area contributed by atoms with Crippen molar-refractivity contribution >= 4 is 18.2 Å². The van der Waals surface area contributed by atoms with Gasteiger partial charge in [-0.3, -0.25) is 19.4 Å². The van der Waals surface area contributed by atoms with Crippen molar-refractivity contribution in [2.45, 2.75) is 13.5 Å². The molecular formula is C20H22N4O3. The second-order valence-electron chi connectivity index (χ2n) is 6.53. The third-order valence-electron chi connectivity index (χ3n) is 4.57. The van der Waals surface area contributed by atoms with Crippen molar-refractivity contribution in [2.24, 2.45) is 0 Å². The molecule has 27 heavy (non-hydrogen) atoms. The molecule has 0 saturated carbocycles. The summed E-state index contributed by atoms with van der Waals surface area (Å²) < 4.78 is 0. The van der Waals surface area contributed by atoms with Gasteiger partial charge in [-0.25, -0.2) is 0 Å². The first-order chi connectivity index (χ1) is 13.1. The van der Waals surface area contributed by atoms with Crippen LogP contribution in [-0.2, 0) is 11.3 Å². The minimum atomic E-state index is -0.252. The second kappa shape index (κ2) is 8.44. The highest BCUT2D eigenvalue weighted by Crippen LogP contribution is 2.09. The van der Waals surface area contributed by atoms with Gasteiger partial charge in [0.05, 0.1) is 0 Å². The highest BCUT2D eigenvalue weighted by molar-refractivity contribution is 5.98. The maximum Gasteiger partial charge on any atom is 0.272 e. The Morgan fingerprint density at radius 1 is 1.11 bits per heavy atom. The molecule has 0 radical (unpaired) electrons. The fourth-order valence-corrected chi connectivity index (χ4v) is 2.87. The van der Waals surface area contributed by atoms with Crippen LogP contribution in [0.4, 0.5) is 0 Å². The van der Waals surface area contributed by atoms with E-state index in [4.69, 9.17) is 0 Å². The Morgan fingerprint density at radius 2 is 1.81 bits per heavy atom. The summed E-state index contributed by atoms with van der Waals surface area (Å²) in [6.45, 7) is 4.36. The number of carbonyl (C=O) groups excluding carboxylic acids is 3. The zero-order chi connectivity index (χ0) is 19.2. The molecule has 1 saturated heterocycles. The minimum absolute atomic E-state index is 0.228. The highest BCUT2D eigenvalue weighted by Gasteiger charge is 2.22. The first kappa shape index (κ1) is 18.6. The van der Waals surface area contributed by atoms with Crippen molar-refractivity contribution in [2.75, 3.05) is 26.2 Å². The Bertz CT molecular complexity index is 827. The lowest BCUT2D eigenvalue weighted by Gasteiger charge is -2.32. The zero-order valence-corrected chi connectivity index (χ0v) is 15.2. The van der Waals surface area contributed by atoms with Gasteiger partial charge in [0.15, 0.2) is 0 Å². The first-order valence-corrected chi connectivity index (χ1v) is 8.85. The van der Waals surface area contributed by atoms with E-state index in [0.717, 1.165) is 17.5 Å². The molecule has 7 nitrogen and oxygen atoms in total. The van der Waals surface area contributed by atoms with Crippen LogP contribution < -0.4 is 5.32 Å². The number of pyridine rings is 1. The Labute approximate surface area is 158 Å². The summed E-state index contributed by atoms with van der Waals surface area (Å²) in [5, 5.41) is 2.86. The summed E-state index contributed by atoms with van der Waals surface area (Å²) in [5.74, 6) is -0.480. The monoisotopic (exact) mass is 366 g/mol. The smallest absolute Gasteiger partial charge is 0.272 e. The number of hydrogen-bond acceptors (Lipinski definition) is 4. The molecule has 3 amide bonds. The Hall–Kier alpha value is -3.22. The average Bonchev–Trinajstić information content (AvgIpc) is 2.72. The lowest BCUT2D eigenvalue weighted by Crippen LogP contribution is -2.48. The molecule has 2 aromatic rings. The van der Waals surface area contributed by atoms with E-state index in [1.54, 1.807) is 15.9 Å². The van der Waals surface area contributed by atoms with Crippen LogP contribution in [0.1, 0.15) is 32.0 Å². The summed E-state index contributed by atoms with van der Waals surface area (Å²) in [6.07, 6.45) is 2.26. The molecule has 2 heterocycles. The molecule has 1 aromatic carbocycles. The maximum absolute atomic E-state index is 12.6. The molecule has 1 fully saturated rings. The van der Waals surface area contributed by atoms with Gasteiger partial charge in [0.25, 0.3) is 11.8 Å². The SMILES string of the molecule is Cc1ccc(CNC(=O)c2ccnc(C(=O)N3CCN(C=O)CC3)c2)cc1. The molecular weight excluding hydrogens is 344 g/mol. The Kier molecular flexibility index (Phi) is 5.80. The summed E-state index contributed by atoms with van der Waals surface area (Å²) >= 11 is 0. The Balaban J connectivity index is 1.62. The molecule has 1 N–H and O–H groups in total. The maximum atomic E-state index is 12.6. The van der Waals surface area contributed by atoms with E-state index in [1.165, 1.54) is 12.3 Å². The number of hydrogen-bond donors (Lipinski definition) is 1. The number of carbonyl (C=O) groups is 3. The lowest BCUT2D eigenvalue weighted by atomic mass is 10.1. The molecule has 0 aliphatic carbocycles. The van der Waals surface area contributed by atoms with Crippen molar-refractivity contribution in [3.63, 3.8) is 0 Å². The predicted molar refractivity (Wildman–Crippen MR) is 100 cm³/mol. The number of rotatable bonds is 5. The van der Waals surface area contributed by atoms with E-state index in [1.807, 2.05) is 31.2 Å². The van der Waals surface area contributed by atoms with Gasteiger partial charge in [0.2, 0.25) is 6.41 Å². The van der Waals surface area contributed by atoms with Crippen molar-refractivity contribution in [1.82, 2.24) is 20.1 Å². The molecule has 3 rings (SSSR count). The number of aromatic nitrogens is 1. The van der Waals surface area contributed by atoms with Gasteiger partial charge in [-0.05, 0) is 24.6 Å². The predicted octanol–water partition coefficient (Wildman–Crippen LogP) is 1.23. The van der Waals surface area contributed by atoms with Crippen LogP contribution in [0.3, 0.4) is 0 Å². The number of piperazine rings is 1. The van der Waals surface area contributed by atoms with Crippen molar-refractivity contribution in [3.8, 4) is 0 Å². The number of benzene rings is 1. The number of aryl methyl sites for hydroxylation is 1. The standard InChI is InChI=1S/C20H22N4O3/c1-15-2-4-16(5-3-15)13-22-19(26)17-6-7-21-18(12-17)20(27)24-10-8-23(14-25)9-11-24/h2-7,12,14H,8-11,13H2,1H3,(H,22,26). The van der Waals surface area contributed by atoms with Crippen LogP contribution in [-0.4, -0.2) is 59.2 Å². The topological polar surface area (TPSA) is 82.6 Å². The van der Waals surface area contributed by atoms with Gasteiger partial charge in [-0.15, -0.1) is 0 Å². The van der Waals surface area contributed by atoms with Crippen molar-refractivity contribution < 1.29 is 14.4 Å².